The van der Waals surface area contributed by atoms with Gasteiger partial charge >= 0.3 is 0 Å². The van der Waals surface area contributed by atoms with E-state index in [0.29, 0.717) is 31.3 Å². The summed E-state index contributed by atoms with van der Waals surface area (Å²) in [5, 5.41) is 9.19. The van der Waals surface area contributed by atoms with Crippen molar-refractivity contribution in [1.29, 1.82) is 0 Å². The number of aryl methyl sites for hydroxylation is 2. The van der Waals surface area contributed by atoms with Gasteiger partial charge in [-0.25, -0.2) is 9.98 Å². The number of pyridine rings is 1. The number of carbonyl (C=O) groups excluding carboxylic acids is 1. The van der Waals surface area contributed by atoms with E-state index in [1.54, 1.807) is 6.07 Å². The number of benzene rings is 1. The number of carbonyl (C=O) groups is 1. The van der Waals surface area contributed by atoms with Crippen molar-refractivity contribution >= 4 is 41.7 Å². The van der Waals surface area contributed by atoms with Gasteiger partial charge in [-0.2, -0.15) is 0 Å². The number of aliphatic imine (C=N–C) groups is 1. The van der Waals surface area contributed by atoms with Crippen molar-refractivity contribution in [2.24, 2.45) is 4.99 Å². The molecule has 0 aliphatic carbocycles. The normalized spacial score (nSPS) is 10.7. The predicted molar refractivity (Wildman–Crippen MR) is 122 cm³/mol. The topological polar surface area (TPSA) is 78.4 Å². The number of anilines is 1. The number of aromatic nitrogens is 1. The zero-order valence-electron chi connectivity index (χ0n) is 16.1. The lowest BCUT2D eigenvalue weighted by Gasteiger charge is -2.11. The van der Waals surface area contributed by atoms with Gasteiger partial charge in [0.25, 0.3) is 0 Å². The van der Waals surface area contributed by atoms with Crippen LogP contribution in [-0.2, 0) is 11.3 Å². The smallest absolute Gasteiger partial charge is 0.227 e. The Kier molecular flexibility index (Phi) is 10.4. The Labute approximate surface area is 178 Å². The first-order valence-corrected chi connectivity index (χ1v) is 8.88. The molecule has 0 spiro atoms. The highest BCUT2D eigenvalue weighted by Gasteiger charge is 2.04. The van der Waals surface area contributed by atoms with Gasteiger partial charge in [-0.3, -0.25) is 4.79 Å². The summed E-state index contributed by atoms with van der Waals surface area (Å²) in [5.41, 5.74) is 3.25. The van der Waals surface area contributed by atoms with E-state index in [9.17, 15) is 4.79 Å². The van der Waals surface area contributed by atoms with E-state index >= 15 is 0 Å². The van der Waals surface area contributed by atoms with Crippen molar-refractivity contribution in [2.75, 3.05) is 18.4 Å². The van der Waals surface area contributed by atoms with E-state index in [4.69, 9.17) is 0 Å². The molecule has 0 aliphatic rings. The second-order valence-electron chi connectivity index (χ2n) is 6.07. The number of rotatable bonds is 7. The molecule has 6 nitrogen and oxygen atoms in total. The van der Waals surface area contributed by atoms with Gasteiger partial charge in [-0.05, 0) is 38.5 Å². The molecule has 0 atom stereocenters. The maximum Gasteiger partial charge on any atom is 0.227 e. The fourth-order valence-electron chi connectivity index (χ4n) is 2.44. The lowest BCUT2D eigenvalue weighted by atomic mass is 10.1. The van der Waals surface area contributed by atoms with Crippen molar-refractivity contribution < 1.29 is 4.79 Å². The molecule has 7 heteroatoms. The summed E-state index contributed by atoms with van der Waals surface area (Å²) in [5.74, 6) is 1.20. The minimum Gasteiger partial charge on any atom is -0.357 e. The molecular weight excluding hydrogens is 453 g/mol. The number of hydrogen-bond donors (Lipinski definition) is 3. The highest BCUT2D eigenvalue weighted by Crippen LogP contribution is 2.05. The molecule has 27 heavy (non-hydrogen) atoms. The van der Waals surface area contributed by atoms with Crippen LogP contribution in [-0.4, -0.2) is 29.9 Å². The summed E-state index contributed by atoms with van der Waals surface area (Å²) in [7, 11) is 0. The molecule has 0 bridgehead atoms. The molecule has 1 aromatic carbocycles. The van der Waals surface area contributed by atoms with Crippen molar-refractivity contribution in [1.82, 2.24) is 15.6 Å². The third kappa shape index (κ3) is 8.85. The molecule has 0 aliphatic heterocycles. The lowest BCUT2D eigenvalue weighted by molar-refractivity contribution is -0.116. The molecule has 1 amide bonds. The molecule has 146 valence electrons. The summed E-state index contributed by atoms with van der Waals surface area (Å²) in [6.07, 6.45) is 0.338. The third-order valence-corrected chi connectivity index (χ3v) is 3.65. The molecular formula is C20H28IN5O. The molecule has 1 aromatic heterocycles. The van der Waals surface area contributed by atoms with Gasteiger partial charge in [0.15, 0.2) is 5.96 Å². The van der Waals surface area contributed by atoms with Gasteiger partial charge in [0.2, 0.25) is 5.91 Å². The van der Waals surface area contributed by atoms with Gasteiger partial charge in [0.05, 0.1) is 6.54 Å². The summed E-state index contributed by atoms with van der Waals surface area (Å²) in [6.45, 7) is 7.83. The average Bonchev–Trinajstić information content (AvgIpc) is 2.60. The summed E-state index contributed by atoms with van der Waals surface area (Å²) in [6, 6.07) is 13.8. The van der Waals surface area contributed by atoms with E-state index in [1.807, 2.05) is 32.0 Å². The van der Waals surface area contributed by atoms with E-state index in [-0.39, 0.29) is 29.9 Å². The quantitative estimate of drug-likeness (QED) is 0.322. The molecule has 3 N–H and O–H groups in total. The van der Waals surface area contributed by atoms with Crippen LogP contribution in [0.25, 0.3) is 0 Å². The predicted octanol–water partition coefficient (Wildman–Crippen LogP) is 3.40. The number of nitrogens with zero attached hydrogens (tertiary/aromatic N) is 2. The molecule has 0 radical (unpaired) electrons. The summed E-state index contributed by atoms with van der Waals surface area (Å²) >= 11 is 0. The first kappa shape index (κ1) is 22.9. The Morgan fingerprint density at radius 1 is 1.11 bits per heavy atom. The summed E-state index contributed by atoms with van der Waals surface area (Å²) < 4.78 is 0. The third-order valence-electron chi connectivity index (χ3n) is 3.65. The molecule has 0 saturated carbocycles. The van der Waals surface area contributed by atoms with E-state index < -0.39 is 0 Å². The van der Waals surface area contributed by atoms with Crippen LogP contribution in [0, 0.1) is 13.8 Å². The fourth-order valence-corrected chi connectivity index (χ4v) is 2.44. The zero-order valence-corrected chi connectivity index (χ0v) is 18.4. The number of halogens is 1. The molecule has 0 saturated heterocycles. The Hall–Kier alpha value is -2.16. The monoisotopic (exact) mass is 481 g/mol. The van der Waals surface area contributed by atoms with Crippen LogP contribution in [0.15, 0.2) is 47.5 Å². The van der Waals surface area contributed by atoms with E-state index in [1.165, 1.54) is 5.56 Å². The fraction of sp³-hybridized carbons (Fsp3) is 0.350. The highest BCUT2D eigenvalue weighted by atomic mass is 127. The van der Waals surface area contributed by atoms with Crippen LogP contribution in [0.5, 0.6) is 0 Å². The second-order valence-corrected chi connectivity index (χ2v) is 6.07. The van der Waals surface area contributed by atoms with Crippen LogP contribution < -0.4 is 16.0 Å². The Morgan fingerprint density at radius 2 is 1.89 bits per heavy atom. The molecule has 0 fully saturated rings. The van der Waals surface area contributed by atoms with Gasteiger partial charge in [0.1, 0.15) is 5.82 Å². The van der Waals surface area contributed by atoms with Crippen molar-refractivity contribution in [2.45, 2.75) is 33.7 Å². The number of hydrogen-bond acceptors (Lipinski definition) is 3. The van der Waals surface area contributed by atoms with Gasteiger partial charge in [-0.1, -0.05) is 35.9 Å². The number of guanidine groups is 1. The highest BCUT2D eigenvalue weighted by molar-refractivity contribution is 14.0. The second kappa shape index (κ2) is 12.3. The lowest BCUT2D eigenvalue weighted by Crippen LogP contribution is -2.38. The number of nitrogens with one attached hydrogen (secondary N) is 3. The largest absolute Gasteiger partial charge is 0.357 e. The Balaban J connectivity index is 0.00000364. The molecule has 2 rings (SSSR count). The van der Waals surface area contributed by atoms with Crippen LogP contribution in [0.3, 0.4) is 0 Å². The minimum atomic E-state index is -0.0786. The van der Waals surface area contributed by atoms with Crippen LogP contribution >= 0.6 is 24.0 Å². The first-order chi connectivity index (χ1) is 12.6. The van der Waals surface area contributed by atoms with Crippen LogP contribution in [0.1, 0.15) is 30.2 Å². The zero-order chi connectivity index (χ0) is 18.8. The van der Waals surface area contributed by atoms with Crippen molar-refractivity contribution in [3.05, 3.63) is 59.3 Å². The molecule has 0 unspecified atom stereocenters. The standard InChI is InChI=1S/C20H27N5O.HI/c1-4-21-20(23-14-17-9-5-7-15(2)13-17)22-12-11-19(26)25-18-10-6-8-16(3)24-18;/h5-10,13H,4,11-12,14H2,1-3H3,(H2,21,22,23)(H,24,25,26);1H. The van der Waals surface area contributed by atoms with Crippen LogP contribution in [0.2, 0.25) is 0 Å². The Bertz CT molecular complexity index is 764. The van der Waals surface area contributed by atoms with Gasteiger partial charge in [-0.15, -0.1) is 24.0 Å². The van der Waals surface area contributed by atoms with E-state index in [0.717, 1.165) is 17.8 Å². The van der Waals surface area contributed by atoms with Crippen molar-refractivity contribution in [3.63, 3.8) is 0 Å². The van der Waals surface area contributed by atoms with E-state index in [2.05, 4.69) is 51.0 Å². The maximum atomic E-state index is 12.0. The Morgan fingerprint density at radius 3 is 2.59 bits per heavy atom. The first-order valence-electron chi connectivity index (χ1n) is 8.88. The summed E-state index contributed by atoms with van der Waals surface area (Å²) in [4.78, 5) is 20.9. The average molecular weight is 481 g/mol. The van der Waals surface area contributed by atoms with Crippen molar-refractivity contribution in [3.8, 4) is 0 Å². The maximum absolute atomic E-state index is 12.0. The van der Waals surface area contributed by atoms with Crippen LogP contribution in [0.4, 0.5) is 5.82 Å². The molecule has 2 aromatic rings. The van der Waals surface area contributed by atoms with Gasteiger partial charge < -0.3 is 16.0 Å². The van der Waals surface area contributed by atoms with Gasteiger partial charge in [0, 0.05) is 25.2 Å². The minimum absolute atomic E-state index is 0. The SMILES string of the molecule is CCNC(=NCc1cccc(C)c1)NCCC(=O)Nc1cccc(C)n1.I. The molecule has 1 heterocycles. The number of amides is 1.